The van der Waals surface area contributed by atoms with Crippen LogP contribution in [0.2, 0.25) is 0 Å². The van der Waals surface area contributed by atoms with Crippen LogP contribution in [0.25, 0.3) is 0 Å². The van der Waals surface area contributed by atoms with Gasteiger partial charge in [-0.15, -0.1) is 0 Å². The van der Waals surface area contributed by atoms with Crippen LogP contribution in [0.15, 0.2) is 72.8 Å². The van der Waals surface area contributed by atoms with Crippen LogP contribution >= 0.6 is 15.1 Å². The van der Waals surface area contributed by atoms with E-state index in [0.717, 1.165) is 6.16 Å². The number of phosphoric ester groups is 1. The first-order valence-corrected chi connectivity index (χ1v) is 13.9. The Labute approximate surface area is 179 Å². The van der Waals surface area contributed by atoms with Crippen LogP contribution in [-0.2, 0) is 9.09 Å². The molecule has 0 spiro atoms. The van der Waals surface area contributed by atoms with Crippen molar-refractivity contribution in [2.75, 3.05) is 12.8 Å². The second kappa shape index (κ2) is 9.56. The zero-order valence-corrected chi connectivity index (χ0v) is 19.6. The topological polar surface area (TPSA) is 66.8 Å². The molecule has 30 heavy (non-hydrogen) atoms. The minimum absolute atomic E-state index is 0.0304. The number of phosphoric acid groups is 1. The van der Waals surface area contributed by atoms with E-state index in [2.05, 4.69) is 93.6 Å². The van der Waals surface area contributed by atoms with Gasteiger partial charge in [-0.25, -0.2) is 0 Å². The summed E-state index contributed by atoms with van der Waals surface area (Å²) < 4.78 is 16.0. The van der Waals surface area contributed by atoms with E-state index in [1.165, 1.54) is 32.6 Å². The molecule has 0 atom stereocenters. The van der Waals surface area contributed by atoms with E-state index in [1.807, 2.05) is 0 Å². The molecule has 3 aromatic rings. The van der Waals surface area contributed by atoms with Crippen molar-refractivity contribution in [3.05, 3.63) is 89.5 Å². The van der Waals surface area contributed by atoms with E-state index in [-0.39, 0.29) is 6.61 Å². The first kappa shape index (κ1) is 22.9. The summed E-state index contributed by atoms with van der Waals surface area (Å²) in [5.74, 6) is 0. The number of benzene rings is 3. The number of aryl methyl sites for hydroxylation is 3. The van der Waals surface area contributed by atoms with Gasteiger partial charge in [-0.3, -0.25) is 0 Å². The molecule has 0 aliphatic rings. The Morgan fingerprint density at radius 1 is 0.733 bits per heavy atom. The molecule has 6 heteroatoms. The fraction of sp³-hybridized carbons (Fsp3) is 0.250. The third-order valence-corrected chi connectivity index (χ3v) is 11.8. The quantitative estimate of drug-likeness (QED) is 0.405. The van der Waals surface area contributed by atoms with E-state index in [1.54, 1.807) is 0 Å². The summed E-state index contributed by atoms with van der Waals surface area (Å²) in [4.78, 5) is 18.3. The normalized spacial score (nSPS) is 12.7. The van der Waals surface area contributed by atoms with Crippen molar-refractivity contribution >= 4 is 31.0 Å². The van der Waals surface area contributed by atoms with Crippen molar-refractivity contribution in [1.29, 1.82) is 0 Å². The molecule has 0 radical (unpaired) electrons. The average Bonchev–Trinajstić information content (AvgIpc) is 2.70. The molecule has 0 amide bonds. The van der Waals surface area contributed by atoms with Crippen LogP contribution in [0, 0.1) is 20.8 Å². The summed E-state index contributed by atoms with van der Waals surface area (Å²) >= 11 is 0. The maximum absolute atomic E-state index is 11.2. The Kier molecular flexibility index (Phi) is 7.29. The summed E-state index contributed by atoms with van der Waals surface area (Å²) in [5, 5.41) is 4.01. The molecule has 0 unspecified atom stereocenters. The van der Waals surface area contributed by atoms with Gasteiger partial charge >= 0.3 is 179 Å². The Morgan fingerprint density at radius 3 is 1.43 bits per heavy atom. The van der Waals surface area contributed by atoms with E-state index in [9.17, 15) is 4.57 Å². The predicted octanol–water partition coefficient (Wildman–Crippen LogP) is 4.14. The molecular weight excluding hydrogens is 414 g/mol. The monoisotopic (exact) mass is 444 g/mol. The molecule has 0 heterocycles. The first-order valence-electron chi connectivity index (χ1n) is 10.1. The van der Waals surface area contributed by atoms with E-state index < -0.39 is 15.1 Å². The van der Waals surface area contributed by atoms with Gasteiger partial charge in [0.15, 0.2) is 0 Å². The van der Waals surface area contributed by atoms with E-state index in [4.69, 9.17) is 14.3 Å². The number of rotatable bonds is 8. The second-order valence-electron chi connectivity index (χ2n) is 7.78. The average molecular weight is 444 g/mol. The summed E-state index contributed by atoms with van der Waals surface area (Å²) in [6.07, 6.45) is 1.36. The SMILES string of the molecule is Cc1ccccc1[PH](CCCOP(=O)(O)O)(c1ccccc1C)c1ccccc1C. The minimum atomic E-state index is -4.48. The molecule has 0 fully saturated rings. The Morgan fingerprint density at radius 2 is 1.10 bits per heavy atom. The van der Waals surface area contributed by atoms with Crippen LogP contribution in [0.3, 0.4) is 0 Å². The van der Waals surface area contributed by atoms with Gasteiger partial charge in [0.2, 0.25) is 0 Å². The van der Waals surface area contributed by atoms with Crippen LogP contribution in [-0.4, -0.2) is 22.6 Å². The van der Waals surface area contributed by atoms with Gasteiger partial charge in [0.1, 0.15) is 0 Å². The molecule has 4 nitrogen and oxygen atoms in total. The molecular formula is C24H30O4P2. The van der Waals surface area contributed by atoms with Crippen LogP contribution in [0.4, 0.5) is 0 Å². The third kappa shape index (κ3) is 4.91. The molecule has 160 valence electrons. The Hall–Kier alpha value is -1.80. The fourth-order valence-corrected chi connectivity index (χ4v) is 10.6. The zero-order valence-electron chi connectivity index (χ0n) is 17.7. The summed E-state index contributed by atoms with van der Waals surface area (Å²) in [7, 11) is -6.96. The molecule has 2 N–H and O–H groups in total. The van der Waals surface area contributed by atoms with Crippen molar-refractivity contribution in [2.24, 2.45) is 0 Å². The summed E-state index contributed by atoms with van der Waals surface area (Å²) in [6, 6.07) is 25.6. The standard InChI is InChI=1S/C24H30O4P2/c1-19-11-4-7-14-22(19)29(18-10-17-28-30(25,26)27,23-15-8-5-12-20(23)2)24-16-9-6-13-21(24)3/h4-9,11-16,29H,10,17-18H2,1-3H3,(H2,25,26,27). The molecule has 0 aromatic heterocycles. The Bertz CT molecular complexity index is 947. The van der Waals surface area contributed by atoms with Crippen LogP contribution in [0.5, 0.6) is 0 Å². The zero-order chi connectivity index (χ0) is 21.8. The molecule has 0 aliphatic heterocycles. The van der Waals surface area contributed by atoms with Crippen molar-refractivity contribution in [1.82, 2.24) is 0 Å². The van der Waals surface area contributed by atoms with Gasteiger partial charge in [-0.2, -0.15) is 0 Å². The van der Waals surface area contributed by atoms with Crippen molar-refractivity contribution in [3.63, 3.8) is 0 Å². The van der Waals surface area contributed by atoms with Gasteiger partial charge < -0.3 is 0 Å². The van der Waals surface area contributed by atoms with Gasteiger partial charge in [0, 0.05) is 0 Å². The maximum atomic E-state index is 11.2. The molecule has 0 bridgehead atoms. The van der Waals surface area contributed by atoms with E-state index >= 15 is 0 Å². The Balaban J connectivity index is 2.24. The van der Waals surface area contributed by atoms with Gasteiger partial charge in [-0.05, 0) is 0 Å². The van der Waals surface area contributed by atoms with Gasteiger partial charge in [-0.1, -0.05) is 0 Å². The molecule has 3 rings (SSSR count). The molecule has 0 saturated heterocycles. The van der Waals surface area contributed by atoms with Crippen molar-refractivity contribution in [2.45, 2.75) is 27.2 Å². The van der Waals surface area contributed by atoms with E-state index in [0.29, 0.717) is 6.42 Å². The predicted molar refractivity (Wildman–Crippen MR) is 128 cm³/mol. The van der Waals surface area contributed by atoms with Crippen molar-refractivity contribution in [3.8, 4) is 0 Å². The molecule has 0 saturated carbocycles. The molecule has 0 aliphatic carbocycles. The summed E-state index contributed by atoms with van der Waals surface area (Å²) in [6.45, 7) is 6.49. The van der Waals surface area contributed by atoms with Crippen molar-refractivity contribution < 1.29 is 18.9 Å². The van der Waals surface area contributed by atoms with Gasteiger partial charge in [0.05, 0.1) is 0 Å². The first-order chi connectivity index (χ1) is 14.3. The fourth-order valence-electron chi connectivity index (χ4n) is 4.52. The number of hydrogen-bond donors (Lipinski definition) is 2. The molecule has 3 aromatic carbocycles. The summed E-state index contributed by atoms with van der Waals surface area (Å²) in [5.41, 5.74) is 3.73. The van der Waals surface area contributed by atoms with Gasteiger partial charge in [0.25, 0.3) is 0 Å². The number of hydrogen-bond acceptors (Lipinski definition) is 2. The van der Waals surface area contributed by atoms with Crippen LogP contribution in [0.1, 0.15) is 23.1 Å². The second-order valence-corrected chi connectivity index (χ2v) is 12.9. The third-order valence-electron chi connectivity index (χ3n) is 5.77. The van der Waals surface area contributed by atoms with Crippen LogP contribution < -0.4 is 15.9 Å².